The number of rotatable bonds is 4. The molecular weight excluding hydrogens is 200 g/mol. The summed E-state index contributed by atoms with van der Waals surface area (Å²) in [6.07, 6.45) is 6.26. The van der Waals surface area contributed by atoms with Crippen LogP contribution in [0.2, 0.25) is 0 Å². The molecule has 1 atom stereocenters. The highest BCUT2D eigenvalue weighted by atomic mass is 16.1. The topological polar surface area (TPSA) is 42.0 Å². The van der Waals surface area contributed by atoms with E-state index in [0.717, 1.165) is 17.6 Å². The van der Waals surface area contributed by atoms with Gasteiger partial charge in [0, 0.05) is 18.0 Å². The standard InChI is InChI=1S/C13H18N2O/c1-4-5-10(2)13(16)15-11(3)12-6-8-14-9-7-12/h5-9,11H,4H2,1-3H3,(H,15,16)/b10-5-/t11-/m1/s1. The molecule has 0 saturated heterocycles. The molecule has 3 nitrogen and oxygen atoms in total. The summed E-state index contributed by atoms with van der Waals surface area (Å²) in [5.41, 5.74) is 1.83. The molecule has 0 aliphatic carbocycles. The molecule has 86 valence electrons. The summed E-state index contributed by atoms with van der Waals surface area (Å²) in [5.74, 6) is -0.00818. The SMILES string of the molecule is CC/C=C(/C)C(=O)N[C@H](C)c1ccncc1. The Balaban J connectivity index is 2.62. The Morgan fingerprint density at radius 3 is 2.69 bits per heavy atom. The van der Waals surface area contributed by atoms with Gasteiger partial charge in [-0.1, -0.05) is 13.0 Å². The predicted octanol–water partition coefficient (Wildman–Crippen LogP) is 2.62. The number of aromatic nitrogens is 1. The smallest absolute Gasteiger partial charge is 0.247 e. The number of hydrogen-bond donors (Lipinski definition) is 1. The molecule has 0 aliphatic heterocycles. The maximum atomic E-state index is 11.7. The van der Waals surface area contributed by atoms with E-state index in [1.54, 1.807) is 12.4 Å². The molecule has 1 N–H and O–H groups in total. The molecular formula is C13H18N2O. The van der Waals surface area contributed by atoms with Crippen LogP contribution in [0.25, 0.3) is 0 Å². The molecule has 0 aromatic carbocycles. The van der Waals surface area contributed by atoms with Crippen LogP contribution < -0.4 is 5.32 Å². The molecule has 1 aromatic rings. The number of hydrogen-bond acceptors (Lipinski definition) is 2. The van der Waals surface area contributed by atoms with Crippen LogP contribution in [0.15, 0.2) is 36.2 Å². The zero-order valence-corrected chi connectivity index (χ0v) is 10.0. The van der Waals surface area contributed by atoms with Crippen molar-refractivity contribution in [1.82, 2.24) is 10.3 Å². The van der Waals surface area contributed by atoms with Crippen LogP contribution in [-0.2, 0) is 4.79 Å². The number of carbonyl (C=O) groups excluding carboxylic acids is 1. The van der Waals surface area contributed by atoms with Crippen molar-refractivity contribution in [1.29, 1.82) is 0 Å². The Kier molecular flexibility index (Phi) is 4.70. The van der Waals surface area contributed by atoms with Crippen LogP contribution in [0.4, 0.5) is 0 Å². The molecule has 0 radical (unpaired) electrons. The van der Waals surface area contributed by atoms with Gasteiger partial charge >= 0.3 is 0 Å². The van der Waals surface area contributed by atoms with Crippen molar-refractivity contribution < 1.29 is 4.79 Å². The Hall–Kier alpha value is -1.64. The minimum atomic E-state index is -0.00818. The lowest BCUT2D eigenvalue weighted by Crippen LogP contribution is -2.27. The molecule has 0 fully saturated rings. The molecule has 0 aliphatic rings. The number of nitrogens with one attached hydrogen (secondary N) is 1. The van der Waals surface area contributed by atoms with Crippen LogP contribution in [-0.4, -0.2) is 10.9 Å². The van der Waals surface area contributed by atoms with Crippen molar-refractivity contribution in [2.45, 2.75) is 33.2 Å². The second-order valence-corrected chi connectivity index (χ2v) is 3.77. The van der Waals surface area contributed by atoms with Crippen molar-refractivity contribution in [2.75, 3.05) is 0 Å². The third kappa shape index (κ3) is 3.50. The normalized spacial score (nSPS) is 13.3. The first-order valence-corrected chi connectivity index (χ1v) is 5.52. The van der Waals surface area contributed by atoms with Crippen LogP contribution in [0.1, 0.15) is 38.8 Å². The zero-order chi connectivity index (χ0) is 12.0. The van der Waals surface area contributed by atoms with Crippen LogP contribution in [0.3, 0.4) is 0 Å². The number of amides is 1. The van der Waals surface area contributed by atoms with Crippen molar-refractivity contribution in [3.05, 3.63) is 41.7 Å². The molecule has 1 amide bonds. The molecule has 1 heterocycles. The van der Waals surface area contributed by atoms with E-state index in [2.05, 4.69) is 10.3 Å². The number of carbonyl (C=O) groups is 1. The average Bonchev–Trinajstić information content (AvgIpc) is 2.30. The van der Waals surface area contributed by atoms with E-state index in [-0.39, 0.29) is 11.9 Å². The maximum Gasteiger partial charge on any atom is 0.247 e. The fraction of sp³-hybridized carbons (Fsp3) is 0.385. The number of allylic oxidation sites excluding steroid dienone is 1. The van der Waals surface area contributed by atoms with Gasteiger partial charge in [0.1, 0.15) is 0 Å². The van der Waals surface area contributed by atoms with E-state index < -0.39 is 0 Å². The van der Waals surface area contributed by atoms with Crippen molar-refractivity contribution in [3.63, 3.8) is 0 Å². The minimum absolute atomic E-state index is 0.00818. The molecule has 0 unspecified atom stereocenters. The lowest BCUT2D eigenvalue weighted by atomic mass is 10.1. The van der Waals surface area contributed by atoms with Crippen molar-refractivity contribution >= 4 is 5.91 Å². The highest BCUT2D eigenvalue weighted by molar-refractivity contribution is 5.92. The summed E-state index contributed by atoms with van der Waals surface area (Å²) in [6.45, 7) is 5.81. The van der Waals surface area contributed by atoms with E-state index >= 15 is 0 Å². The Bertz CT molecular complexity index is 371. The third-order valence-corrected chi connectivity index (χ3v) is 2.42. The van der Waals surface area contributed by atoms with E-state index in [1.807, 2.05) is 39.0 Å². The summed E-state index contributed by atoms with van der Waals surface area (Å²) >= 11 is 0. The molecule has 0 spiro atoms. The summed E-state index contributed by atoms with van der Waals surface area (Å²) in [5, 5.41) is 2.95. The van der Waals surface area contributed by atoms with E-state index in [4.69, 9.17) is 0 Å². The second kappa shape index (κ2) is 6.05. The van der Waals surface area contributed by atoms with Crippen LogP contribution >= 0.6 is 0 Å². The fourth-order valence-corrected chi connectivity index (χ4v) is 1.44. The quantitative estimate of drug-likeness (QED) is 0.789. The predicted molar refractivity (Wildman–Crippen MR) is 64.8 cm³/mol. The zero-order valence-electron chi connectivity index (χ0n) is 10.0. The van der Waals surface area contributed by atoms with Gasteiger partial charge in [0.05, 0.1) is 6.04 Å². The Labute approximate surface area is 96.6 Å². The first-order chi connectivity index (χ1) is 7.65. The Morgan fingerprint density at radius 2 is 2.12 bits per heavy atom. The van der Waals surface area contributed by atoms with Gasteiger partial charge < -0.3 is 5.32 Å². The lowest BCUT2D eigenvalue weighted by Gasteiger charge is -2.14. The van der Waals surface area contributed by atoms with Gasteiger partial charge in [-0.3, -0.25) is 9.78 Å². The first-order valence-electron chi connectivity index (χ1n) is 5.52. The summed E-state index contributed by atoms with van der Waals surface area (Å²) in [7, 11) is 0. The molecule has 1 aromatic heterocycles. The maximum absolute atomic E-state index is 11.7. The highest BCUT2D eigenvalue weighted by Gasteiger charge is 2.09. The van der Waals surface area contributed by atoms with Crippen LogP contribution in [0.5, 0.6) is 0 Å². The van der Waals surface area contributed by atoms with Gasteiger partial charge in [-0.05, 0) is 38.0 Å². The molecule has 3 heteroatoms. The fourth-order valence-electron chi connectivity index (χ4n) is 1.44. The van der Waals surface area contributed by atoms with Gasteiger partial charge in [0.15, 0.2) is 0 Å². The lowest BCUT2D eigenvalue weighted by molar-refractivity contribution is -0.118. The van der Waals surface area contributed by atoms with Gasteiger partial charge in [-0.15, -0.1) is 0 Å². The molecule has 16 heavy (non-hydrogen) atoms. The third-order valence-electron chi connectivity index (χ3n) is 2.42. The van der Waals surface area contributed by atoms with Crippen molar-refractivity contribution in [3.8, 4) is 0 Å². The molecule has 1 rings (SSSR count). The number of pyridine rings is 1. The van der Waals surface area contributed by atoms with Crippen molar-refractivity contribution in [2.24, 2.45) is 0 Å². The Morgan fingerprint density at radius 1 is 1.50 bits per heavy atom. The largest absolute Gasteiger partial charge is 0.346 e. The van der Waals surface area contributed by atoms with E-state index in [9.17, 15) is 4.79 Å². The van der Waals surface area contributed by atoms with E-state index in [1.165, 1.54) is 0 Å². The average molecular weight is 218 g/mol. The summed E-state index contributed by atoms with van der Waals surface area (Å²) in [4.78, 5) is 15.7. The van der Waals surface area contributed by atoms with Gasteiger partial charge in [0.25, 0.3) is 0 Å². The summed E-state index contributed by atoms with van der Waals surface area (Å²) in [6, 6.07) is 3.82. The van der Waals surface area contributed by atoms with Crippen LogP contribution in [0, 0.1) is 0 Å². The molecule has 0 bridgehead atoms. The van der Waals surface area contributed by atoms with Gasteiger partial charge in [0.2, 0.25) is 5.91 Å². The monoisotopic (exact) mass is 218 g/mol. The summed E-state index contributed by atoms with van der Waals surface area (Å²) < 4.78 is 0. The van der Waals surface area contributed by atoms with E-state index in [0.29, 0.717) is 0 Å². The second-order valence-electron chi connectivity index (χ2n) is 3.77. The highest BCUT2D eigenvalue weighted by Crippen LogP contribution is 2.11. The number of nitrogens with zero attached hydrogens (tertiary/aromatic N) is 1. The minimum Gasteiger partial charge on any atom is -0.346 e. The van der Waals surface area contributed by atoms with Gasteiger partial charge in [-0.2, -0.15) is 0 Å². The first kappa shape index (κ1) is 12.4. The molecule has 0 saturated carbocycles. The van der Waals surface area contributed by atoms with Gasteiger partial charge in [-0.25, -0.2) is 0 Å².